The van der Waals surface area contributed by atoms with Crippen molar-refractivity contribution in [1.82, 2.24) is 9.78 Å². The SMILES string of the molecule is CC1=C(C(=O)Nc2ccccc2)[C@@H](c2ccc(O)cc2)n2ncc(C(N)=O)c2N1. The number of hydrogen-bond acceptors (Lipinski definition) is 5. The number of nitrogens with zero attached hydrogens (tertiary/aromatic N) is 2. The lowest BCUT2D eigenvalue weighted by Crippen LogP contribution is -2.32. The standard InChI is InChI=1S/C21H19N5O3/c1-12-17(21(29)25-14-5-3-2-4-6-14)18(13-7-9-15(27)10-8-13)26-20(24-12)16(11-23-26)19(22)28/h2-11,18,24,27H,1H3,(H2,22,28)(H,25,29)/t18-/m1/s1. The molecule has 146 valence electrons. The van der Waals surface area contributed by atoms with Gasteiger partial charge in [-0.2, -0.15) is 5.10 Å². The number of nitrogens with one attached hydrogen (secondary N) is 2. The second-order valence-corrected chi connectivity index (χ2v) is 6.69. The maximum absolute atomic E-state index is 13.2. The van der Waals surface area contributed by atoms with Crippen LogP contribution in [0, 0.1) is 0 Å². The van der Waals surface area contributed by atoms with Gasteiger partial charge < -0.3 is 21.5 Å². The summed E-state index contributed by atoms with van der Waals surface area (Å²) in [4.78, 5) is 25.0. The van der Waals surface area contributed by atoms with E-state index >= 15 is 0 Å². The number of fused-ring (bicyclic) bond motifs is 1. The van der Waals surface area contributed by atoms with Crippen LogP contribution in [0.25, 0.3) is 0 Å². The van der Waals surface area contributed by atoms with Crippen molar-refractivity contribution in [1.29, 1.82) is 0 Å². The van der Waals surface area contributed by atoms with Crippen molar-refractivity contribution in [2.24, 2.45) is 5.73 Å². The number of anilines is 2. The first-order valence-electron chi connectivity index (χ1n) is 8.96. The third-order valence-corrected chi connectivity index (χ3v) is 4.77. The lowest BCUT2D eigenvalue weighted by atomic mass is 9.94. The Morgan fingerprint density at radius 2 is 1.83 bits per heavy atom. The van der Waals surface area contributed by atoms with Crippen molar-refractivity contribution < 1.29 is 14.7 Å². The second kappa shape index (κ2) is 7.16. The van der Waals surface area contributed by atoms with Crippen LogP contribution in [0.15, 0.2) is 72.1 Å². The number of phenols is 1. The van der Waals surface area contributed by atoms with Crippen LogP contribution in [-0.2, 0) is 4.79 Å². The lowest BCUT2D eigenvalue weighted by molar-refractivity contribution is -0.113. The topological polar surface area (TPSA) is 122 Å². The van der Waals surface area contributed by atoms with Crippen LogP contribution in [0.2, 0.25) is 0 Å². The van der Waals surface area contributed by atoms with Crippen LogP contribution in [0.3, 0.4) is 0 Å². The molecule has 1 aliphatic rings. The van der Waals surface area contributed by atoms with Crippen LogP contribution in [0.1, 0.15) is 28.9 Å². The molecule has 8 heteroatoms. The molecule has 0 spiro atoms. The maximum Gasteiger partial charge on any atom is 0.255 e. The molecule has 0 fully saturated rings. The molecule has 4 rings (SSSR count). The minimum Gasteiger partial charge on any atom is -0.508 e. The number of phenolic OH excluding ortho intramolecular Hbond substituents is 1. The molecular formula is C21H19N5O3. The van der Waals surface area contributed by atoms with E-state index in [2.05, 4.69) is 15.7 Å². The van der Waals surface area contributed by atoms with Gasteiger partial charge >= 0.3 is 0 Å². The molecule has 0 radical (unpaired) electrons. The first-order valence-corrected chi connectivity index (χ1v) is 8.96. The molecule has 3 aromatic rings. The summed E-state index contributed by atoms with van der Waals surface area (Å²) >= 11 is 0. The third-order valence-electron chi connectivity index (χ3n) is 4.77. The highest BCUT2D eigenvalue weighted by Crippen LogP contribution is 2.38. The van der Waals surface area contributed by atoms with Gasteiger partial charge in [-0.15, -0.1) is 0 Å². The Morgan fingerprint density at radius 3 is 2.48 bits per heavy atom. The molecule has 2 amide bonds. The van der Waals surface area contributed by atoms with E-state index in [9.17, 15) is 14.7 Å². The van der Waals surface area contributed by atoms with E-state index in [0.29, 0.717) is 22.8 Å². The van der Waals surface area contributed by atoms with E-state index in [1.807, 2.05) is 18.2 Å². The Kier molecular flexibility index (Phi) is 4.52. The minimum absolute atomic E-state index is 0.109. The zero-order chi connectivity index (χ0) is 20.5. The van der Waals surface area contributed by atoms with Crippen molar-refractivity contribution in [2.75, 3.05) is 10.6 Å². The Morgan fingerprint density at radius 1 is 1.14 bits per heavy atom. The van der Waals surface area contributed by atoms with E-state index in [1.54, 1.807) is 35.9 Å². The number of aromatic nitrogens is 2. The van der Waals surface area contributed by atoms with E-state index in [0.717, 1.165) is 5.56 Å². The molecule has 0 bridgehead atoms. The van der Waals surface area contributed by atoms with Crippen molar-refractivity contribution in [3.63, 3.8) is 0 Å². The van der Waals surface area contributed by atoms with Gasteiger partial charge in [0.15, 0.2) is 0 Å². The molecule has 2 heterocycles. The summed E-state index contributed by atoms with van der Waals surface area (Å²) in [5.41, 5.74) is 8.09. The van der Waals surface area contributed by atoms with E-state index in [4.69, 9.17) is 5.73 Å². The number of nitrogens with two attached hydrogens (primary N) is 1. The summed E-state index contributed by atoms with van der Waals surface area (Å²) < 4.78 is 1.55. The molecule has 0 saturated carbocycles. The van der Waals surface area contributed by atoms with Gasteiger partial charge in [0.05, 0.1) is 11.8 Å². The second-order valence-electron chi connectivity index (χ2n) is 6.69. The molecule has 2 aromatic carbocycles. The predicted octanol–water partition coefficient (Wildman–Crippen LogP) is 2.62. The molecule has 5 N–H and O–H groups in total. The number of carbonyl (C=O) groups is 2. The van der Waals surface area contributed by atoms with Crippen molar-refractivity contribution in [2.45, 2.75) is 13.0 Å². The third kappa shape index (κ3) is 3.31. The summed E-state index contributed by atoms with van der Waals surface area (Å²) in [7, 11) is 0. The van der Waals surface area contributed by atoms with Gasteiger partial charge in [-0.3, -0.25) is 9.59 Å². The summed E-state index contributed by atoms with van der Waals surface area (Å²) in [6.45, 7) is 1.76. The van der Waals surface area contributed by atoms with Crippen molar-refractivity contribution >= 4 is 23.3 Å². The number of aromatic hydroxyl groups is 1. The Bertz CT molecular complexity index is 1120. The zero-order valence-corrected chi connectivity index (χ0v) is 15.6. The number of benzene rings is 2. The minimum atomic E-state index is -0.617. The van der Waals surface area contributed by atoms with E-state index in [1.165, 1.54) is 18.3 Å². The fourth-order valence-corrected chi connectivity index (χ4v) is 3.41. The predicted molar refractivity (Wildman–Crippen MR) is 108 cm³/mol. The van der Waals surface area contributed by atoms with E-state index < -0.39 is 11.9 Å². The number of primary amides is 1. The quantitative estimate of drug-likeness (QED) is 0.546. The first kappa shape index (κ1) is 18.3. The fraction of sp³-hybridized carbons (Fsp3) is 0.0952. The summed E-state index contributed by atoms with van der Waals surface area (Å²) in [5, 5.41) is 20.0. The highest BCUT2D eigenvalue weighted by atomic mass is 16.3. The fourth-order valence-electron chi connectivity index (χ4n) is 3.41. The van der Waals surface area contributed by atoms with Crippen molar-refractivity contribution in [3.8, 4) is 5.75 Å². The Balaban J connectivity index is 1.82. The van der Waals surface area contributed by atoms with Gasteiger partial charge in [0, 0.05) is 11.4 Å². The van der Waals surface area contributed by atoms with Crippen LogP contribution in [-0.4, -0.2) is 26.7 Å². The van der Waals surface area contributed by atoms with Gasteiger partial charge in [0.2, 0.25) is 0 Å². The average Bonchev–Trinajstić information content (AvgIpc) is 3.12. The molecule has 0 saturated heterocycles. The van der Waals surface area contributed by atoms with Gasteiger partial charge in [0.25, 0.3) is 11.8 Å². The molecule has 0 aliphatic carbocycles. The normalized spacial score (nSPS) is 15.4. The molecule has 1 aliphatic heterocycles. The zero-order valence-electron chi connectivity index (χ0n) is 15.6. The van der Waals surface area contributed by atoms with Crippen LogP contribution >= 0.6 is 0 Å². The number of hydrogen-bond donors (Lipinski definition) is 4. The highest BCUT2D eigenvalue weighted by molar-refractivity contribution is 6.06. The largest absolute Gasteiger partial charge is 0.508 e. The number of rotatable bonds is 4. The Hall–Kier alpha value is -4.07. The Labute approximate surface area is 166 Å². The molecule has 1 atom stereocenters. The average molecular weight is 389 g/mol. The molecule has 1 aromatic heterocycles. The molecule has 29 heavy (non-hydrogen) atoms. The molecular weight excluding hydrogens is 370 g/mol. The summed E-state index contributed by atoms with van der Waals surface area (Å²) in [6.07, 6.45) is 1.38. The van der Waals surface area contributed by atoms with Gasteiger partial charge in [-0.05, 0) is 36.8 Å². The highest BCUT2D eigenvalue weighted by Gasteiger charge is 2.34. The summed E-state index contributed by atoms with van der Waals surface area (Å²) in [6, 6.07) is 15.0. The summed E-state index contributed by atoms with van der Waals surface area (Å²) in [5.74, 6) is -0.393. The monoisotopic (exact) mass is 389 g/mol. The smallest absolute Gasteiger partial charge is 0.255 e. The van der Waals surface area contributed by atoms with Crippen LogP contribution in [0.5, 0.6) is 5.75 Å². The van der Waals surface area contributed by atoms with Crippen molar-refractivity contribution in [3.05, 3.63) is 83.2 Å². The number of allylic oxidation sites excluding steroid dienone is 1. The maximum atomic E-state index is 13.2. The van der Waals surface area contributed by atoms with E-state index in [-0.39, 0.29) is 17.2 Å². The number of para-hydroxylation sites is 1. The van der Waals surface area contributed by atoms with Gasteiger partial charge in [-0.25, -0.2) is 4.68 Å². The number of amides is 2. The first-order chi connectivity index (χ1) is 14.0. The lowest BCUT2D eigenvalue weighted by Gasteiger charge is -2.30. The van der Waals surface area contributed by atoms with Gasteiger partial charge in [-0.1, -0.05) is 30.3 Å². The van der Waals surface area contributed by atoms with Crippen LogP contribution in [0.4, 0.5) is 11.5 Å². The van der Waals surface area contributed by atoms with Crippen LogP contribution < -0.4 is 16.4 Å². The number of carbonyl (C=O) groups excluding carboxylic acids is 2. The molecule has 8 nitrogen and oxygen atoms in total. The van der Waals surface area contributed by atoms with Gasteiger partial charge in [0.1, 0.15) is 23.2 Å². The molecule has 0 unspecified atom stereocenters.